The van der Waals surface area contributed by atoms with Crippen molar-refractivity contribution in [2.45, 2.75) is 4.34 Å². The lowest BCUT2D eigenvalue weighted by Crippen LogP contribution is -2.07. The van der Waals surface area contributed by atoms with Crippen molar-refractivity contribution in [3.63, 3.8) is 0 Å². The molecule has 2 heterocycles. The molecule has 4 nitrogen and oxygen atoms in total. The van der Waals surface area contributed by atoms with Crippen LogP contribution in [0.3, 0.4) is 0 Å². The molecule has 0 unspecified atom stereocenters. The van der Waals surface area contributed by atoms with Crippen molar-refractivity contribution < 1.29 is 4.79 Å². The number of nitrogens with zero attached hydrogens (tertiary/aromatic N) is 3. The summed E-state index contributed by atoms with van der Waals surface area (Å²) in [6.07, 6.45) is 0. The van der Waals surface area contributed by atoms with Crippen LogP contribution < -0.4 is 4.90 Å². The van der Waals surface area contributed by atoms with Crippen LogP contribution in [0.15, 0.2) is 10.4 Å². The largest absolute Gasteiger partial charge is 0.353 e. The number of Topliss-reactive ketones (excluding diaryl/α,β-unsaturated/α-hetero) is 1. The molecule has 0 aliphatic rings. The predicted octanol–water partition coefficient (Wildman–Crippen LogP) is 3.95. The van der Waals surface area contributed by atoms with E-state index in [1.807, 2.05) is 19.0 Å². The minimum atomic E-state index is -0.0558. The number of ketones is 1. The molecule has 0 saturated heterocycles. The third-order valence-corrected chi connectivity index (χ3v) is 5.77. The molecule has 0 N–H and O–H groups in total. The number of carbonyl (C=O) groups excluding carboxylic acids is 1. The number of halogens is 2. The van der Waals surface area contributed by atoms with Gasteiger partial charge in [-0.3, -0.25) is 4.79 Å². The van der Waals surface area contributed by atoms with E-state index in [0.29, 0.717) is 14.2 Å². The summed E-state index contributed by atoms with van der Waals surface area (Å²) < 4.78 is 1.71. The molecule has 2 aromatic heterocycles. The highest BCUT2D eigenvalue weighted by Gasteiger charge is 2.16. The van der Waals surface area contributed by atoms with E-state index in [1.165, 1.54) is 34.4 Å². The fourth-order valence-electron chi connectivity index (χ4n) is 1.18. The maximum atomic E-state index is 12.0. The molecule has 0 aromatic carbocycles. The van der Waals surface area contributed by atoms with E-state index in [0.717, 1.165) is 9.47 Å². The highest BCUT2D eigenvalue weighted by Crippen LogP contribution is 2.33. The fourth-order valence-corrected chi connectivity index (χ4v) is 4.32. The smallest absolute Gasteiger partial charge is 0.208 e. The monoisotopic (exact) mass is 353 g/mol. The van der Waals surface area contributed by atoms with Crippen LogP contribution in [0.1, 0.15) is 10.4 Å². The molecular formula is C10H9Cl2N3OS3. The van der Waals surface area contributed by atoms with Gasteiger partial charge in [0.1, 0.15) is 4.34 Å². The van der Waals surface area contributed by atoms with Gasteiger partial charge in [-0.15, -0.1) is 21.5 Å². The number of carbonyl (C=O) groups is 1. The summed E-state index contributed by atoms with van der Waals surface area (Å²) in [4.78, 5) is 13.9. The Morgan fingerprint density at radius 2 is 2.11 bits per heavy atom. The molecule has 0 saturated carbocycles. The van der Waals surface area contributed by atoms with Crippen molar-refractivity contribution >= 4 is 68.6 Å². The number of hydrogen-bond acceptors (Lipinski definition) is 7. The molecule has 0 aliphatic heterocycles. The van der Waals surface area contributed by atoms with Crippen LogP contribution in [0, 0.1) is 0 Å². The molecule has 2 aromatic rings. The van der Waals surface area contributed by atoms with Gasteiger partial charge in [-0.1, -0.05) is 46.3 Å². The van der Waals surface area contributed by atoms with Gasteiger partial charge < -0.3 is 4.90 Å². The second-order valence-corrected chi connectivity index (χ2v) is 8.16. The first kappa shape index (κ1) is 15.1. The molecular weight excluding hydrogens is 345 g/mol. The Morgan fingerprint density at radius 3 is 2.63 bits per heavy atom. The van der Waals surface area contributed by atoms with Gasteiger partial charge in [-0.2, -0.15) is 0 Å². The average molecular weight is 354 g/mol. The van der Waals surface area contributed by atoms with Crippen molar-refractivity contribution in [2.24, 2.45) is 0 Å². The second-order valence-electron chi connectivity index (χ2n) is 3.69. The number of thiophene rings is 1. The zero-order valence-electron chi connectivity index (χ0n) is 10.0. The van der Waals surface area contributed by atoms with E-state index in [-0.39, 0.29) is 11.5 Å². The van der Waals surface area contributed by atoms with Crippen molar-refractivity contribution in [3.05, 3.63) is 20.3 Å². The minimum absolute atomic E-state index is 0.0558. The summed E-state index contributed by atoms with van der Waals surface area (Å²) in [6, 6.07) is 1.60. The quantitative estimate of drug-likeness (QED) is 0.601. The predicted molar refractivity (Wildman–Crippen MR) is 83.6 cm³/mol. The SMILES string of the molecule is CN(C)c1nnc(SCC(=O)c2cc(Cl)sc2Cl)s1. The number of thioether (sulfide) groups is 1. The number of rotatable bonds is 5. The van der Waals surface area contributed by atoms with E-state index in [4.69, 9.17) is 23.2 Å². The van der Waals surface area contributed by atoms with E-state index in [1.54, 1.807) is 6.07 Å². The standard InChI is InChI=1S/C10H9Cl2N3OS3/c1-15(2)9-13-14-10(19-9)17-4-6(16)5-3-7(11)18-8(5)12/h3H,4H2,1-2H3. The van der Waals surface area contributed by atoms with Gasteiger partial charge in [-0.25, -0.2) is 0 Å². The third kappa shape index (κ3) is 3.82. The summed E-state index contributed by atoms with van der Waals surface area (Å²) in [7, 11) is 3.79. The van der Waals surface area contributed by atoms with E-state index in [2.05, 4.69) is 10.2 Å². The van der Waals surface area contributed by atoms with Gasteiger partial charge in [0.05, 0.1) is 10.1 Å². The minimum Gasteiger partial charge on any atom is -0.353 e. The van der Waals surface area contributed by atoms with E-state index >= 15 is 0 Å². The van der Waals surface area contributed by atoms with Gasteiger partial charge in [0, 0.05) is 19.7 Å². The Kier molecular flexibility index (Phi) is 5.08. The van der Waals surface area contributed by atoms with Crippen LogP contribution in [0.25, 0.3) is 0 Å². The molecule has 0 radical (unpaired) electrons. The zero-order valence-corrected chi connectivity index (χ0v) is 14.0. The first-order valence-electron chi connectivity index (χ1n) is 5.09. The lowest BCUT2D eigenvalue weighted by Gasteiger charge is -2.03. The second kappa shape index (κ2) is 6.41. The summed E-state index contributed by atoms with van der Waals surface area (Å²) in [5.41, 5.74) is 0.474. The van der Waals surface area contributed by atoms with Crippen molar-refractivity contribution in [2.75, 3.05) is 24.7 Å². The molecule has 9 heteroatoms. The van der Waals surface area contributed by atoms with Gasteiger partial charge in [0.15, 0.2) is 10.1 Å². The highest BCUT2D eigenvalue weighted by molar-refractivity contribution is 8.01. The summed E-state index contributed by atoms with van der Waals surface area (Å²) >= 11 is 15.7. The average Bonchev–Trinajstić information content (AvgIpc) is 2.93. The molecule has 0 spiro atoms. The Hall–Kier alpha value is -0.340. The molecule has 0 bridgehead atoms. The van der Waals surface area contributed by atoms with Crippen LogP contribution in [-0.4, -0.2) is 35.8 Å². The summed E-state index contributed by atoms with van der Waals surface area (Å²) in [6.45, 7) is 0. The molecule has 2 rings (SSSR count). The van der Waals surface area contributed by atoms with E-state index < -0.39 is 0 Å². The van der Waals surface area contributed by atoms with Gasteiger partial charge in [0.2, 0.25) is 5.13 Å². The topological polar surface area (TPSA) is 46.1 Å². The van der Waals surface area contributed by atoms with Crippen LogP contribution in [0.4, 0.5) is 5.13 Å². The van der Waals surface area contributed by atoms with E-state index in [9.17, 15) is 4.79 Å². The van der Waals surface area contributed by atoms with Crippen LogP contribution in [-0.2, 0) is 0 Å². The Morgan fingerprint density at radius 1 is 1.37 bits per heavy atom. The first-order chi connectivity index (χ1) is 8.97. The molecule has 19 heavy (non-hydrogen) atoms. The third-order valence-electron chi connectivity index (χ3n) is 2.06. The van der Waals surface area contributed by atoms with Gasteiger partial charge in [-0.05, 0) is 6.07 Å². The summed E-state index contributed by atoms with van der Waals surface area (Å²) in [5, 5.41) is 8.83. The molecule has 0 aliphatic carbocycles. The van der Waals surface area contributed by atoms with Crippen LogP contribution in [0.2, 0.25) is 8.67 Å². The zero-order chi connectivity index (χ0) is 14.0. The maximum Gasteiger partial charge on any atom is 0.208 e. The Balaban J connectivity index is 1.98. The lowest BCUT2D eigenvalue weighted by atomic mass is 10.2. The normalized spacial score (nSPS) is 10.7. The lowest BCUT2D eigenvalue weighted by molar-refractivity contribution is 0.102. The van der Waals surface area contributed by atoms with Crippen LogP contribution >= 0.6 is 57.6 Å². The highest BCUT2D eigenvalue weighted by atomic mass is 35.5. The molecule has 0 atom stereocenters. The van der Waals surface area contributed by atoms with Gasteiger partial charge in [0.25, 0.3) is 0 Å². The molecule has 0 amide bonds. The maximum absolute atomic E-state index is 12.0. The van der Waals surface area contributed by atoms with Crippen molar-refractivity contribution in [1.82, 2.24) is 10.2 Å². The Bertz CT molecular complexity index is 597. The number of hydrogen-bond donors (Lipinski definition) is 0. The summed E-state index contributed by atoms with van der Waals surface area (Å²) in [5.74, 6) is 0.217. The molecule has 102 valence electrons. The first-order valence-corrected chi connectivity index (χ1v) is 8.46. The number of anilines is 1. The van der Waals surface area contributed by atoms with Gasteiger partial charge >= 0.3 is 0 Å². The fraction of sp³-hybridized carbons (Fsp3) is 0.300. The molecule has 0 fully saturated rings. The Labute approximate surface area is 132 Å². The van der Waals surface area contributed by atoms with Crippen molar-refractivity contribution in [3.8, 4) is 0 Å². The van der Waals surface area contributed by atoms with Crippen molar-refractivity contribution in [1.29, 1.82) is 0 Å². The number of aromatic nitrogens is 2. The van der Waals surface area contributed by atoms with Crippen LogP contribution in [0.5, 0.6) is 0 Å².